The highest BCUT2D eigenvalue weighted by molar-refractivity contribution is 6.09. The van der Waals surface area contributed by atoms with Crippen molar-refractivity contribution in [3.05, 3.63) is 78.4 Å². The molecule has 4 nitrogen and oxygen atoms in total. The maximum absolute atomic E-state index is 12.9. The number of carbonyl (C=O) groups is 2. The van der Waals surface area contributed by atoms with Gasteiger partial charge in [-0.1, -0.05) is 66.7 Å². The van der Waals surface area contributed by atoms with E-state index in [0.29, 0.717) is 12.1 Å². The summed E-state index contributed by atoms with van der Waals surface area (Å²) < 4.78 is 5.12. The molecule has 3 aromatic carbocycles. The van der Waals surface area contributed by atoms with E-state index in [0.717, 1.165) is 16.3 Å². The number of nitrogens with one attached hydrogen (secondary N) is 1. The molecule has 1 N–H and O–H groups in total. The number of rotatable bonds is 6. The first-order chi connectivity index (χ1) is 12.7. The lowest BCUT2D eigenvalue weighted by Crippen LogP contribution is -2.33. The standard InChI is InChI=1S/C22H21NO3/c1-2-26-22(25)19(15-16-9-4-3-5-10-16)21(24)23-20-14-8-12-17-11-6-7-13-18(17)20/h3-14,19H,2,15H2,1H3,(H,23,24)/t19-/m1/s1. The van der Waals surface area contributed by atoms with Gasteiger partial charge in [0.05, 0.1) is 6.61 Å². The van der Waals surface area contributed by atoms with Crippen LogP contribution in [-0.4, -0.2) is 18.5 Å². The highest BCUT2D eigenvalue weighted by Crippen LogP contribution is 2.24. The quantitative estimate of drug-likeness (QED) is 0.537. The highest BCUT2D eigenvalue weighted by Gasteiger charge is 2.28. The minimum Gasteiger partial charge on any atom is -0.465 e. The predicted molar refractivity (Wildman–Crippen MR) is 103 cm³/mol. The topological polar surface area (TPSA) is 55.4 Å². The zero-order chi connectivity index (χ0) is 18.4. The molecule has 1 atom stereocenters. The number of anilines is 1. The number of ether oxygens (including phenoxy) is 1. The molecule has 0 radical (unpaired) electrons. The lowest BCUT2D eigenvalue weighted by Gasteiger charge is -2.16. The molecule has 4 heteroatoms. The fourth-order valence-corrected chi connectivity index (χ4v) is 2.93. The fraction of sp³-hybridized carbons (Fsp3) is 0.182. The zero-order valence-electron chi connectivity index (χ0n) is 14.6. The Hall–Kier alpha value is -3.14. The van der Waals surface area contributed by atoms with Gasteiger partial charge in [0.2, 0.25) is 5.91 Å². The van der Waals surface area contributed by atoms with Crippen molar-refractivity contribution in [1.29, 1.82) is 0 Å². The lowest BCUT2D eigenvalue weighted by atomic mass is 9.98. The first-order valence-electron chi connectivity index (χ1n) is 8.68. The molecular formula is C22H21NO3. The van der Waals surface area contributed by atoms with E-state index >= 15 is 0 Å². The Labute approximate surface area is 152 Å². The van der Waals surface area contributed by atoms with Crippen LogP contribution in [0.4, 0.5) is 5.69 Å². The summed E-state index contributed by atoms with van der Waals surface area (Å²) in [4.78, 5) is 25.2. The zero-order valence-corrected chi connectivity index (χ0v) is 14.6. The van der Waals surface area contributed by atoms with Crippen LogP contribution in [0.2, 0.25) is 0 Å². The number of amides is 1. The van der Waals surface area contributed by atoms with Gasteiger partial charge in [-0.25, -0.2) is 0 Å². The lowest BCUT2D eigenvalue weighted by molar-refractivity contribution is -0.150. The molecule has 0 bridgehead atoms. The van der Waals surface area contributed by atoms with Crippen LogP contribution in [0, 0.1) is 5.92 Å². The Morgan fingerprint density at radius 1 is 0.923 bits per heavy atom. The van der Waals surface area contributed by atoms with Gasteiger partial charge < -0.3 is 10.1 Å². The van der Waals surface area contributed by atoms with Gasteiger partial charge >= 0.3 is 5.97 Å². The Balaban J connectivity index is 1.85. The fourth-order valence-electron chi connectivity index (χ4n) is 2.93. The van der Waals surface area contributed by atoms with Gasteiger partial charge in [-0.15, -0.1) is 0 Å². The van der Waals surface area contributed by atoms with Crippen molar-refractivity contribution < 1.29 is 14.3 Å². The number of carbonyl (C=O) groups excluding carboxylic acids is 2. The second kappa shape index (κ2) is 8.30. The van der Waals surface area contributed by atoms with Crippen molar-refractivity contribution in [3.63, 3.8) is 0 Å². The molecule has 0 aliphatic heterocycles. The minimum absolute atomic E-state index is 0.242. The first-order valence-corrected chi connectivity index (χ1v) is 8.68. The minimum atomic E-state index is -0.892. The molecule has 0 heterocycles. The monoisotopic (exact) mass is 347 g/mol. The second-order valence-electron chi connectivity index (χ2n) is 6.01. The Bertz CT molecular complexity index is 900. The number of hydrogen-bond acceptors (Lipinski definition) is 3. The molecule has 0 unspecified atom stereocenters. The second-order valence-corrected chi connectivity index (χ2v) is 6.01. The Morgan fingerprint density at radius 2 is 1.62 bits per heavy atom. The molecule has 0 saturated carbocycles. The van der Waals surface area contributed by atoms with Crippen molar-refractivity contribution >= 4 is 28.3 Å². The molecule has 0 aliphatic rings. The molecule has 0 spiro atoms. The van der Waals surface area contributed by atoms with E-state index in [4.69, 9.17) is 4.74 Å². The Kier molecular flexibility index (Phi) is 5.64. The average Bonchev–Trinajstić information content (AvgIpc) is 2.67. The summed E-state index contributed by atoms with van der Waals surface area (Å²) in [6, 6.07) is 23.0. The van der Waals surface area contributed by atoms with E-state index < -0.39 is 11.9 Å². The molecular weight excluding hydrogens is 326 g/mol. The van der Waals surface area contributed by atoms with Crippen LogP contribution in [0.1, 0.15) is 12.5 Å². The van der Waals surface area contributed by atoms with Gasteiger partial charge in [0.25, 0.3) is 0 Å². The van der Waals surface area contributed by atoms with Crippen LogP contribution in [0.3, 0.4) is 0 Å². The smallest absolute Gasteiger partial charge is 0.318 e. The molecule has 0 saturated heterocycles. The van der Waals surface area contributed by atoms with Gasteiger partial charge in [-0.3, -0.25) is 9.59 Å². The van der Waals surface area contributed by atoms with E-state index in [1.54, 1.807) is 6.92 Å². The third-order valence-electron chi connectivity index (χ3n) is 4.22. The van der Waals surface area contributed by atoms with E-state index in [-0.39, 0.29) is 12.5 Å². The molecule has 0 aromatic heterocycles. The van der Waals surface area contributed by atoms with Crippen molar-refractivity contribution in [2.45, 2.75) is 13.3 Å². The van der Waals surface area contributed by atoms with Gasteiger partial charge in [0.1, 0.15) is 5.92 Å². The van der Waals surface area contributed by atoms with Crippen LogP contribution >= 0.6 is 0 Å². The SMILES string of the molecule is CCOC(=O)[C@H](Cc1ccccc1)C(=O)Nc1cccc2ccccc12. The van der Waals surface area contributed by atoms with Crippen LogP contribution in [-0.2, 0) is 20.7 Å². The van der Waals surface area contributed by atoms with Gasteiger partial charge in [0, 0.05) is 11.1 Å². The van der Waals surface area contributed by atoms with Crippen molar-refractivity contribution in [3.8, 4) is 0 Å². The van der Waals surface area contributed by atoms with Gasteiger partial charge in [-0.2, -0.15) is 0 Å². The third-order valence-corrected chi connectivity index (χ3v) is 4.22. The summed E-state index contributed by atoms with van der Waals surface area (Å²) in [7, 11) is 0. The highest BCUT2D eigenvalue weighted by atomic mass is 16.5. The summed E-state index contributed by atoms with van der Waals surface area (Å²) in [5.74, 6) is -1.76. The molecule has 0 fully saturated rings. The first kappa shape index (κ1) is 17.7. The summed E-state index contributed by atoms with van der Waals surface area (Å²) in [5, 5.41) is 4.87. The van der Waals surface area contributed by atoms with Crippen molar-refractivity contribution in [2.75, 3.05) is 11.9 Å². The normalized spacial score (nSPS) is 11.7. The summed E-state index contributed by atoms with van der Waals surface area (Å²) in [6.45, 7) is 1.98. The summed E-state index contributed by atoms with van der Waals surface area (Å²) >= 11 is 0. The molecule has 132 valence electrons. The number of fused-ring (bicyclic) bond motifs is 1. The number of benzene rings is 3. The third kappa shape index (κ3) is 4.09. The largest absolute Gasteiger partial charge is 0.465 e. The maximum atomic E-state index is 12.9. The number of esters is 1. The van der Waals surface area contributed by atoms with Gasteiger partial charge in [0.15, 0.2) is 0 Å². The van der Waals surface area contributed by atoms with Crippen LogP contribution in [0.25, 0.3) is 10.8 Å². The van der Waals surface area contributed by atoms with Crippen LogP contribution in [0.15, 0.2) is 72.8 Å². The predicted octanol–water partition coefficient (Wildman–Crippen LogP) is 4.20. The van der Waals surface area contributed by atoms with E-state index in [2.05, 4.69) is 5.32 Å². The van der Waals surface area contributed by atoms with Crippen molar-refractivity contribution in [2.24, 2.45) is 5.92 Å². The van der Waals surface area contributed by atoms with E-state index in [1.165, 1.54) is 0 Å². The molecule has 3 aromatic rings. The van der Waals surface area contributed by atoms with Crippen molar-refractivity contribution in [1.82, 2.24) is 0 Å². The van der Waals surface area contributed by atoms with E-state index in [9.17, 15) is 9.59 Å². The Morgan fingerprint density at radius 3 is 2.38 bits per heavy atom. The summed E-state index contributed by atoms with van der Waals surface area (Å²) in [5.41, 5.74) is 1.61. The van der Waals surface area contributed by atoms with E-state index in [1.807, 2.05) is 72.8 Å². The number of hydrogen-bond donors (Lipinski definition) is 1. The van der Waals surface area contributed by atoms with Gasteiger partial charge in [-0.05, 0) is 30.4 Å². The summed E-state index contributed by atoms with van der Waals surface area (Å²) in [6.07, 6.45) is 0.302. The van der Waals surface area contributed by atoms with Crippen LogP contribution < -0.4 is 5.32 Å². The molecule has 0 aliphatic carbocycles. The van der Waals surface area contributed by atoms with Crippen LogP contribution in [0.5, 0.6) is 0 Å². The molecule has 1 amide bonds. The molecule has 26 heavy (non-hydrogen) atoms. The maximum Gasteiger partial charge on any atom is 0.318 e. The average molecular weight is 347 g/mol. The molecule has 3 rings (SSSR count).